The van der Waals surface area contributed by atoms with Crippen LogP contribution in [0.1, 0.15) is 25.8 Å². The molecule has 1 atom stereocenters. The topological polar surface area (TPSA) is 44.5 Å². The lowest BCUT2D eigenvalue weighted by molar-refractivity contribution is 0.319. The van der Waals surface area contributed by atoms with Crippen LogP contribution in [0.4, 0.5) is 0 Å². The van der Waals surface area contributed by atoms with Crippen molar-refractivity contribution >= 4 is 0 Å². The average Bonchev–Trinajstić information content (AvgIpc) is 2.36. The van der Waals surface area contributed by atoms with Gasteiger partial charge in [-0.05, 0) is 43.0 Å². The molecule has 0 saturated heterocycles. The molecule has 0 fully saturated rings. The fourth-order valence-corrected chi connectivity index (χ4v) is 1.61. The minimum absolute atomic E-state index is 0.192. The Labute approximate surface area is 110 Å². The fourth-order valence-electron chi connectivity index (χ4n) is 1.61. The summed E-state index contributed by atoms with van der Waals surface area (Å²) in [5.41, 5.74) is 8.10. The molecule has 0 aliphatic rings. The van der Waals surface area contributed by atoms with Gasteiger partial charge in [-0.1, -0.05) is 19.6 Å². The smallest absolute Gasteiger partial charge is 0.161 e. The lowest BCUT2D eigenvalue weighted by atomic mass is 10.0. The Balaban J connectivity index is 2.79. The van der Waals surface area contributed by atoms with Crippen molar-refractivity contribution in [3.63, 3.8) is 0 Å². The second-order valence-electron chi connectivity index (χ2n) is 4.60. The Morgan fingerprint density at radius 2 is 2.11 bits per heavy atom. The molecule has 3 nitrogen and oxygen atoms in total. The van der Waals surface area contributed by atoms with Gasteiger partial charge in [0.05, 0.1) is 7.11 Å². The first kappa shape index (κ1) is 14.6. The van der Waals surface area contributed by atoms with E-state index < -0.39 is 0 Å². The van der Waals surface area contributed by atoms with Crippen LogP contribution in [-0.4, -0.2) is 19.8 Å². The highest BCUT2D eigenvalue weighted by Crippen LogP contribution is 2.28. The van der Waals surface area contributed by atoms with E-state index in [1.165, 1.54) is 5.56 Å². The third kappa shape index (κ3) is 4.41. The van der Waals surface area contributed by atoms with E-state index in [1.807, 2.05) is 25.1 Å². The molecular weight excluding hydrogens is 226 g/mol. The summed E-state index contributed by atoms with van der Waals surface area (Å²) in [5.74, 6) is 1.49. The number of benzene rings is 1. The van der Waals surface area contributed by atoms with Crippen molar-refractivity contribution in [3.05, 3.63) is 35.9 Å². The molecule has 0 bridgehead atoms. The largest absolute Gasteiger partial charge is 0.493 e. The normalized spacial score (nSPS) is 12.0. The fraction of sp³-hybridized carbons (Fsp3) is 0.467. The maximum Gasteiger partial charge on any atom is 0.161 e. The molecule has 2 N–H and O–H groups in total. The van der Waals surface area contributed by atoms with E-state index in [0.29, 0.717) is 6.61 Å². The van der Waals surface area contributed by atoms with E-state index in [4.69, 9.17) is 15.2 Å². The van der Waals surface area contributed by atoms with Crippen molar-refractivity contribution in [2.45, 2.75) is 32.7 Å². The monoisotopic (exact) mass is 249 g/mol. The van der Waals surface area contributed by atoms with E-state index >= 15 is 0 Å². The molecule has 0 aromatic heterocycles. The summed E-state index contributed by atoms with van der Waals surface area (Å²) in [4.78, 5) is 0. The van der Waals surface area contributed by atoms with Crippen LogP contribution >= 0.6 is 0 Å². The summed E-state index contributed by atoms with van der Waals surface area (Å²) in [6, 6.07) is 6.14. The van der Waals surface area contributed by atoms with Gasteiger partial charge in [0, 0.05) is 6.04 Å². The number of ether oxygens (including phenoxy) is 2. The van der Waals surface area contributed by atoms with Gasteiger partial charge < -0.3 is 15.2 Å². The molecule has 1 rings (SSSR count). The standard InChI is InChI=1S/C15H23NO2/c1-5-13(16)8-12-6-7-14(15(9-12)17-4)18-10-11(2)3/h6-7,9,13H,2,5,8,10,16H2,1,3-4H3. The van der Waals surface area contributed by atoms with Crippen LogP contribution in [0.3, 0.4) is 0 Å². The van der Waals surface area contributed by atoms with E-state index in [0.717, 1.165) is 29.9 Å². The SMILES string of the molecule is C=C(C)COc1ccc(CC(N)CC)cc1OC. The van der Waals surface area contributed by atoms with Crippen molar-refractivity contribution < 1.29 is 9.47 Å². The van der Waals surface area contributed by atoms with Gasteiger partial charge in [-0.3, -0.25) is 0 Å². The van der Waals surface area contributed by atoms with Crippen LogP contribution in [0.25, 0.3) is 0 Å². The lowest BCUT2D eigenvalue weighted by Crippen LogP contribution is -2.21. The molecule has 0 saturated carbocycles. The molecule has 1 aromatic rings. The first-order chi connectivity index (χ1) is 8.56. The Morgan fingerprint density at radius 1 is 1.39 bits per heavy atom. The summed E-state index contributed by atoms with van der Waals surface area (Å²) in [5, 5.41) is 0. The molecule has 0 heterocycles. The summed E-state index contributed by atoms with van der Waals surface area (Å²) in [7, 11) is 1.65. The minimum atomic E-state index is 0.192. The van der Waals surface area contributed by atoms with Crippen molar-refractivity contribution in [3.8, 4) is 11.5 Å². The van der Waals surface area contributed by atoms with Gasteiger partial charge in [0.2, 0.25) is 0 Å². The number of rotatable bonds is 7. The van der Waals surface area contributed by atoms with E-state index in [2.05, 4.69) is 13.5 Å². The number of hydrogen-bond acceptors (Lipinski definition) is 3. The summed E-state index contributed by atoms with van der Waals surface area (Å²) in [6.07, 6.45) is 1.82. The molecule has 0 amide bonds. The van der Waals surface area contributed by atoms with Crippen LogP contribution in [0.5, 0.6) is 11.5 Å². The van der Waals surface area contributed by atoms with Crippen molar-refractivity contribution in [1.29, 1.82) is 0 Å². The zero-order chi connectivity index (χ0) is 13.5. The number of nitrogens with two attached hydrogens (primary N) is 1. The van der Waals surface area contributed by atoms with Crippen molar-refractivity contribution in [2.24, 2.45) is 5.73 Å². The van der Waals surface area contributed by atoms with Crippen LogP contribution in [0.2, 0.25) is 0 Å². The van der Waals surface area contributed by atoms with Crippen LogP contribution in [0, 0.1) is 0 Å². The van der Waals surface area contributed by atoms with Gasteiger partial charge >= 0.3 is 0 Å². The van der Waals surface area contributed by atoms with Crippen molar-refractivity contribution in [1.82, 2.24) is 0 Å². The summed E-state index contributed by atoms with van der Waals surface area (Å²) < 4.78 is 11.0. The predicted octanol–water partition coefficient (Wildman–Crippen LogP) is 2.93. The van der Waals surface area contributed by atoms with E-state index in [1.54, 1.807) is 7.11 Å². The van der Waals surface area contributed by atoms with Crippen LogP contribution in [-0.2, 0) is 6.42 Å². The first-order valence-corrected chi connectivity index (χ1v) is 6.26. The van der Waals surface area contributed by atoms with Crippen LogP contribution < -0.4 is 15.2 Å². The molecule has 0 aliphatic carbocycles. The molecule has 1 unspecified atom stereocenters. The second kappa shape index (κ2) is 7.07. The van der Waals surface area contributed by atoms with Crippen molar-refractivity contribution in [2.75, 3.05) is 13.7 Å². The lowest BCUT2D eigenvalue weighted by Gasteiger charge is -2.14. The average molecular weight is 249 g/mol. The van der Waals surface area contributed by atoms with Gasteiger partial charge in [-0.15, -0.1) is 0 Å². The molecule has 0 aliphatic heterocycles. The third-order valence-corrected chi connectivity index (χ3v) is 2.72. The Hall–Kier alpha value is -1.48. The molecule has 0 radical (unpaired) electrons. The maximum absolute atomic E-state index is 5.95. The number of methoxy groups -OCH3 is 1. The summed E-state index contributed by atoms with van der Waals surface area (Å²) in [6.45, 7) is 8.34. The van der Waals surface area contributed by atoms with E-state index in [9.17, 15) is 0 Å². The maximum atomic E-state index is 5.95. The molecule has 100 valence electrons. The van der Waals surface area contributed by atoms with Gasteiger partial charge in [0.15, 0.2) is 11.5 Å². The Kier molecular flexibility index (Phi) is 5.72. The zero-order valence-corrected chi connectivity index (χ0v) is 11.5. The van der Waals surface area contributed by atoms with Crippen LogP contribution in [0.15, 0.2) is 30.4 Å². The second-order valence-corrected chi connectivity index (χ2v) is 4.60. The molecule has 18 heavy (non-hydrogen) atoms. The van der Waals surface area contributed by atoms with Gasteiger partial charge in [-0.2, -0.15) is 0 Å². The quantitative estimate of drug-likeness (QED) is 0.756. The van der Waals surface area contributed by atoms with Gasteiger partial charge in [0.1, 0.15) is 6.61 Å². The van der Waals surface area contributed by atoms with E-state index in [-0.39, 0.29) is 6.04 Å². The Bertz CT molecular complexity index is 401. The highest BCUT2D eigenvalue weighted by atomic mass is 16.5. The highest BCUT2D eigenvalue weighted by Gasteiger charge is 2.08. The highest BCUT2D eigenvalue weighted by molar-refractivity contribution is 5.43. The Morgan fingerprint density at radius 3 is 2.67 bits per heavy atom. The van der Waals surface area contributed by atoms with Gasteiger partial charge in [0.25, 0.3) is 0 Å². The predicted molar refractivity (Wildman–Crippen MR) is 75.3 cm³/mol. The third-order valence-electron chi connectivity index (χ3n) is 2.72. The summed E-state index contributed by atoms with van der Waals surface area (Å²) >= 11 is 0. The zero-order valence-electron chi connectivity index (χ0n) is 11.5. The minimum Gasteiger partial charge on any atom is -0.493 e. The molecule has 1 aromatic carbocycles. The first-order valence-electron chi connectivity index (χ1n) is 6.26. The number of hydrogen-bond donors (Lipinski definition) is 1. The molecule has 0 spiro atoms. The van der Waals surface area contributed by atoms with Gasteiger partial charge in [-0.25, -0.2) is 0 Å². The molecule has 3 heteroatoms. The molecular formula is C15H23NO2.